The summed E-state index contributed by atoms with van der Waals surface area (Å²) in [5.74, 6) is -0.195. The molecule has 0 aliphatic heterocycles. The summed E-state index contributed by atoms with van der Waals surface area (Å²) in [6.45, 7) is 0.158. The number of carbonyl (C=O) groups is 1. The summed E-state index contributed by atoms with van der Waals surface area (Å²) in [5, 5.41) is 9.40. The van der Waals surface area contributed by atoms with E-state index in [0.29, 0.717) is 0 Å². The van der Waals surface area contributed by atoms with Gasteiger partial charge in [-0.2, -0.15) is 5.10 Å². The Bertz CT molecular complexity index is 911. The molecule has 0 saturated carbocycles. The highest BCUT2D eigenvalue weighted by Crippen LogP contribution is 2.22. The van der Waals surface area contributed by atoms with Crippen LogP contribution >= 0.6 is 0 Å². The van der Waals surface area contributed by atoms with Gasteiger partial charge in [-0.25, -0.2) is 5.43 Å². The lowest BCUT2D eigenvalue weighted by atomic mass is 10.1. The van der Waals surface area contributed by atoms with Gasteiger partial charge in [0.05, 0.1) is 12.8 Å². The van der Waals surface area contributed by atoms with Gasteiger partial charge in [0, 0.05) is 30.9 Å². The molecular weight excluding hydrogens is 324 g/mol. The summed E-state index contributed by atoms with van der Waals surface area (Å²) in [4.78, 5) is 14.0. The van der Waals surface area contributed by atoms with Crippen LogP contribution in [0.15, 0.2) is 71.8 Å². The minimum Gasteiger partial charge on any atom is -0.378 e. The van der Waals surface area contributed by atoms with Gasteiger partial charge in [0.25, 0.3) is 5.91 Å². The Morgan fingerprint density at radius 2 is 1.73 bits per heavy atom. The van der Waals surface area contributed by atoms with Crippen molar-refractivity contribution in [2.24, 2.45) is 5.10 Å². The Labute approximate surface area is 153 Å². The smallest absolute Gasteiger partial charge is 0.259 e. The van der Waals surface area contributed by atoms with Crippen LogP contribution < -0.4 is 15.6 Å². The summed E-state index contributed by atoms with van der Waals surface area (Å²) in [6, 6.07) is 22.0. The number of hydrogen-bond acceptors (Lipinski definition) is 4. The quantitative estimate of drug-likeness (QED) is 0.531. The second kappa shape index (κ2) is 8.16. The first-order valence-electron chi connectivity index (χ1n) is 8.44. The Morgan fingerprint density at radius 1 is 1.00 bits per heavy atom. The van der Waals surface area contributed by atoms with Gasteiger partial charge >= 0.3 is 0 Å². The van der Waals surface area contributed by atoms with Crippen LogP contribution in [0, 0.1) is 0 Å². The Kier molecular flexibility index (Phi) is 5.49. The number of amides is 1. The Balaban J connectivity index is 1.54. The van der Waals surface area contributed by atoms with Crippen molar-refractivity contribution in [3.8, 4) is 0 Å². The largest absolute Gasteiger partial charge is 0.378 e. The van der Waals surface area contributed by atoms with Crippen molar-refractivity contribution >= 4 is 34.3 Å². The van der Waals surface area contributed by atoms with Crippen LogP contribution in [-0.2, 0) is 4.79 Å². The fourth-order valence-electron chi connectivity index (χ4n) is 2.63. The van der Waals surface area contributed by atoms with Crippen LogP contribution in [0.3, 0.4) is 0 Å². The van der Waals surface area contributed by atoms with Crippen LogP contribution in [0.2, 0.25) is 0 Å². The van der Waals surface area contributed by atoms with Crippen LogP contribution in [0.5, 0.6) is 0 Å². The van der Waals surface area contributed by atoms with Crippen LogP contribution in [-0.4, -0.2) is 32.8 Å². The third-order valence-corrected chi connectivity index (χ3v) is 4.04. The van der Waals surface area contributed by atoms with E-state index in [0.717, 1.165) is 27.7 Å². The summed E-state index contributed by atoms with van der Waals surface area (Å²) in [6.07, 6.45) is 1.63. The maximum absolute atomic E-state index is 12.0. The number of hydrogen-bond donors (Lipinski definition) is 2. The van der Waals surface area contributed by atoms with Crippen molar-refractivity contribution in [3.05, 3.63) is 72.3 Å². The molecule has 2 N–H and O–H groups in total. The van der Waals surface area contributed by atoms with Gasteiger partial charge in [0.1, 0.15) is 0 Å². The molecule has 1 amide bonds. The molecule has 0 aliphatic carbocycles. The first-order valence-corrected chi connectivity index (χ1v) is 8.44. The lowest BCUT2D eigenvalue weighted by molar-refractivity contribution is -0.119. The number of nitrogens with zero attached hydrogens (tertiary/aromatic N) is 2. The van der Waals surface area contributed by atoms with Gasteiger partial charge in [0.2, 0.25) is 0 Å². The average molecular weight is 346 g/mol. The molecule has 0 aromatic heterocycles. The maximum atomic E-state index is 12.0. The topological polar surface area (TPSA) is 56.7 Å². The van der Waals surface area contributed by atoms with E-state index >= 15 is 0 Å². The molecule has 5 nitrogen and oxygen atoms in total. The van der Waals surface area contributed by atoms with Crippen molar-refractivity contribution < 1.29 is 4.79 Å². The van der Waals surface area contributed by atoms with E-state index < -0.39 is 0 Å². The molecule has 0 saturated heterocycles. The first-order chi connectivity index (χ1) is 12.6. The molecular formula is C21H22N4O. The zero-order valence-corrected chi connectivity index (χ0v) is 14.9. The number of carbonyl (C=O) groups excluding carboxylic acids is 1. The molecule has 0 atom stereocenters. The Hall–Kier alpha value is -3.34. The fraction of sp³-hybridized carbons (Fsp3) is 0.143. The SMILES string of the molecule is CN(C)c1ccc(/C=N\NC(=O)CNc2cccc3ccccc23)cc1. The molecule has 3 aromatic carbocycles. The van der Waals surface area contributed by atoms with E-state index in [1.807, 2.05) is 85.7 Å². The van der Waals surface area contributed by atoms with Gasteiger partial charge in [0.15, 0.2) is 0 Å². The highest BCUT2D eigenvalue weighted by atomic mass is 16.2. The van der Waals surface area contributed by atoms with Crippen molar-refractivity contribution in [1.29, 1.82) is 0 Å². The van der Waals surface area contributed by atoms with Crippen molar-refractivity contribution in [2.75, 3.05) is 30.9 Å². The predicted octanol–water partition coefficient (Wildman–Crippen LogP) is 3.47. The number of anilines is 2. The van der Waals surface area contributed by atoms with E-state index in [-0.39, 0.29) is 12.5 Å². The number of hydrazone groups is 1. The molecule has 0 heterocycles. The minimum absolute atomic E-state index is 0.158. The molecule has 3 aromatic rings. The molecule has 0 aliphatic rings. The third-order valence-electron chi connectivity index (χ3n) is 4.04. The molecule has 5 heteroatoms. The van der Waals surface area contributed by atoms with Crippen LogP contribution in [0.1, 0.15) is 5.56 Å². The molecule has 3 rings (SSSR count). The van der Waals surface area contributed by atoms with E-state index in [9.17, 15) is 4.79 Å². The van der Waals surface area contributed by atoms with Gasteiger partial charge in [-0.1, -0.05) is 48.5 Å². The van der Waals surface area contributed by atoms with Crippen LogP contribution in [0.25, 0.3) is 10.8 Å². The van der Waals surface area contributed by atoms with E-state index in [1.54, 1.807) is 6.21 Å². The summed E-state index contributed by atoms with van der Waals surface area (Å²) in [7, 11) is 3.98. The van der Waals surface area contributed by atoms with Crippen molar-refractivity contribution in [2.45, 2.75) is 0 Å². The van der Waals surface area contributed by atoms with E-state index in [2.05, 4.69) is 15.8 Å². The molecule has 0 fully saturated rings. The average Bonchev–Trinajstić information content (AvgIpc) is 2.66. The summed E-state index contributed by atoms with van der Waals surface area (Å²) >= 11 is 0. The third kappa shape index (κ3) is 4.39. The summed E-state index contributed by atoms with van der Waals surface area (Å²) < 4.78 is 0. The van der Waals surface area contributed by atoms with Crippen molar-refractivity contribution in [3.63, 3.8) is 0 Å². The molecule has 0 radical (unpaired) electrons. The zero-order valence-electron chi connectivity index (χ0n) is 14.9. The molecule has 0 spiro atoms. The lowest BCUT2D eigenvalue weighted by Gasteiger charge is -2.11. The van der Waals surface area contributed by atoms with Gasteiger partial charge in [-0.3, -0.25) is 4.79 Å². The first kappa shape index (κ1) is 17.5. The molecule has 132 valence electrons. The van der Waals surface area contributed by atoms with E-state index in [4.69, 9.17) is 0 Å². The maximum Gasteiger partial charge on any atom is 0.259 e. The van der Waals surface area contributed by atoms with Gasteiger partial charge in [-0.15, -0.1) is 0 Å². The highest BCUT2D eigenvalue weighted by molar-refractivity contribution is 5.95. The molecule has 26 heavy (non-hydrogen) atoms. The van der Waals surface area contributed by atoms with Crippen molar-refractivity contribution in [1.82, 2.24) is 5.43 Å². The summed E-state index contributed by atoms with van der Waals surface area (Å²) in [5.41, 5.74) is 5.52. The van der Waals surface area contributed by atoms with Gasteiger partial charge in [-0.05, 0) is 29.1 Å². The normalized spacial score (nSPS) is 10.8. The highest BCUT2D eigenvalue weighted by Gasteiger charge is 2.03. The number of nitrogens with one attached hydrogen (secondary N) is 2. The standard InChI is InChI=1S/C21H22N4O/c1-25(2)18-12-10-16(11-13-18)14-23-24-21(26)15-22-20-9-5-7-17-6-3-4-8-19(17)20/h3-14,22H,15H2,1-2H3,(H,24,26)/b23-14-. The van der Waals surface area contributed by atoms with Gasteiger partial charge < -0.3 is 10.2 Å². The predicted molar refractivity (Wildman–Crippen MR) is 109 cm³/mol. The Morgan fingerprint density at radius 3 is 2.50 bits per heavy atom. The van der Waals surface area contributed by atoms with Crippen LogP contribution in [0.4, 0.5) is 11.4 Å². The second-order valence-electron chi connectivity index (χ2n) is 6.16. The van der Waals surface area contributed by atoms with E-state index in [1.165, 1.54) is 0 Å². The molecule has 0 unspecified atom stereocenters. The fourth-order valence-corrected chi connectivity index (χ4v) is 2.63. The monoisotopic (exact) mass is 346 g/mol. The lowest BCUT2D eigenvalue weighted by Crippen LogP contribution is -2.25. The minimum atomic E-state index is -0.195. The zero-order chi connectivity index (χ0) is 18.4. The molecule has 0 bridgehead atoms. The number of benzene rings is 3. The number of rotatable bonds is 6. The number of fused-ring (bicyclic) bond motifs is 1. The second-order valence-corrected chi connectivity index (χ2v) is 6.16.